The van der Waals surface area contributed by atoms with Crippen LogP contribution in [0, 0.1) is 0 Å². The summed E-state index contributed by atoms with van der Waals surface area (Å²) in [4.78, 5) is 16.2. The summed E-state index contributed by atoms with van der Waals surface area (Å²) < 4.78 is 16.4. The van der Waals surface area contributed by atoms with Gasteiger partial charge in [0, 0.05) is 38.3 Å². The maximum absolute atomic E-state index is 13.4. The lowest BCUT2D eigenvalue weighted by molar-refractivity contribution is 0.0586. The molecule has 0 bridgehead atoms. The van der Waals surface area contributed by atoms with Crippen LogP contribution in [-0.4, -0.2) is 42.8 Å². The van der Waals surface area contributed by atoms with Gasteiger partial charge in [-0.3, -0.25) is 4.79 Å². The SMILES string of the molecule is COCCCN(C(=O)c1cc(-c2cccs2)on1)C1CCOc2ccccc21. The second kappa shape index (κ2) is 8.58. The van der Waals surface area contributed by atoms with E-state index in [0.29, 0.717) is 31.2 Å². The first-order chi connectivity index (χ1) is 13.8. The zero-order valence-electron chi connectivity index (χ0n) is 15.7. The van der Waals surface area contributed by atoms with Gasteiger partial charge in [-0.05, 0) is 23.9 Å². The van der Waals surface area contributed by atoms with Crippen molar-refractivity contribution in [1.29, 1.82) is 0 Å². The minimum atomic E-state index is -0.135. The van der Waals surface area contributed by atoms with Crippen LogP contribution < -0.4 is 4.74 Å². The van der Waals surface area contributed by atoms with Crippen LogP contribution in [0.15, 0.2) is 52.4 Å². The summed E-state index contributed by atoms with van der Waals surface area (Å²) >= 11 is 1.55. The summed E-state index contributed by atoms with van der Waals surface area (Å²) in [6.07, 6.45) is 1.49. The number of ether oxygens (including phenoxy) is 2. The highest BCUT2D eigenvalue weighted by atomic mass is 32.1. The Labute approximate surface area is 167 Å². The Morgan fingerprint density at radius 1 is 1.32 bits per heavy atom. The van der Waals surface area contributed by atoms with Gasteiger partial charge < -0.3 is 18.9 Å². The molecule has 1 amide bonds. The summed E-state index contributed by atoms with van der Waals surface area (Å²) in [7, 11) is 1.67. The second-order valence-corrected chi connectivity index (χ2v) is 7.54. The van der Waals surface area contributed by atoms with Crippen molar-refractivity contribution in [2.45, 2.75) is 18.9 Å². The van der Waals surface area contributed by atoms with Gasteiger partial charge in [-0.15, -0.1) is 11.3 Å². The molecule has 0 radical (unpaired) electrons. The number of aromatic nitrogens is 1. The number of para-hydroxylation sites is 1. The molecule has 1 aliphatic heterocycles. The van der Waals surface area contributed by atoms with Crippen LogP contribution in [0.3, 0.4) is 0 Å². The number of methoxy groups -OCH3 is 1. The van der Waals surface area contributed by atoms with Crippen molar-refractivity contribution in [1.82, 2.24) is 10.1 Å². The van der Waals surface area contributed by atoms with Gasteiger partial charge in [0.15, 0.2) is 11.5 Å². The summed E-state index contributed by atoms with van der Waals surface area (Å²) in [6.45, 7) is 1.75. The molecule has 1 atom stereocenters. The van der Waals surface area contributed by atoms with Gasteiger partial charge in [0.1, 0.15) is 5.75 Å². The molecule has 1 unspecified atom stereocenters. The molecule has 3 heterocycles. The van der Waals surface area contributed by atoms with Crippen LogP contribution in [-0.2, 0) is 4.74 Å². The fourth-order valence-corrected chi connectivity index (χ4v) is 4.16. The zero-order valence-corrected chi connectivity index (χ0v) is 16.5. The molecule has 0 aliphatic carbocycles. The van der Waals surface area contributed by atoms with Crippen LogP contribution in [0.25, 0.3) is 10.6 Å². The molecule has 0 N–H and O–H groups in total. The van der Waals surface area contributed by atoms with Crippen LogP contribution in [0.1, 0.15) is 34.9 Å². The lowest BCUT2D eigenvalue weighted by atomic mass is 9.98. The maximum atomic E-state index is 13.4. The van der Waals surface area contributed by atoms with E-state index in [-0.39, 0.29) is 11.9 Å². The molecule has 2 aromatic heterocycles. The third-order valence-electron chi connectivity index (χ3n) is 4.80. The average Bonchev–Trinajstić information content (AvgIpc) is 3.42. The normalized spacial score (nSPS) is 15.7. The lowest BCUT2D eigenvalue weighted by Crippen LogP contribution is -2.38. The molecule has 146 valence electrons. The summed E-state index contributed by atoms with van der Waals surface area (Å²) in [6, 6.07) is 13.5. The van der Waals surface area contributed by atoms with Crippen molar-refractivity contribution >= 4 is 17.2 Å². The molecule has 3 aromatic rings. The van der Waals surface area contributed by atoms with E-state index in [4.69, 9.17) is 14.0 Å². The Hall–Kier alpha value is -2.64. The Morgan fingerprint density at radius 2 is 2.21 bits per heavy atom. The van der Waals surface area contributed by atoms with Crippen molar-refractivity contribution in [3.05, 3.63) is 59.1 Å². The minimum absolute atomic E-state index is 0.0591. The highest BCUT2D eigenvalue weighted by molar-refractivity contribution is 7.13. The molecule has 0 saturated heterocycles. The van der Waals surface area contributed by atoms with Gasteiger partial charge in [-0.25, -0.2) is 0 Å². The Morgan fingerprint density at radius 3 is 3.04 bits per heavy atom. The van der Waals surface area contributed by atoms with Gasteiger partial charge >= 0.3 is 0 Å². The molecule has 28 heavy (non-hydrogen) atoms. The van der Waals surface area contributed by atoms with Gasteiger partial charge in [-0.2, -0.15) is 0 Å². The Kier molecular flexibility index (Phi) is 5.73. The van der Waals surface area contributed by atoms with E-state index >= 15 is 0 Å². The summed E-state index contributed by atoms with van der Waals surface area (Å²) in [5, 5.41) is 6.02. The number of carbonyl (C=O) groups is 1. The van der Waals surface area contributed by atoms with Crippen molar-refractivity contribution in [3.8, 4) is 16.4 Å². The van der Waals surface area contributed by atoms with E-state index in [1.807, 2.05) is 46.7 Å². The van der Waals surface area contributed by atoms with Crippen molar-refractivity contribution in [2.75, 3.05) is 26.9 Å². The zero-order chi connectivity index (χ0) is 19.3. The molecule has 6 nitrogen and oxygen atoms in total. The topological polar surface area (TPSA) is 64.8 Å². The van der Waals surface area contributed by atoms with Crippen molar-refractivity contribution < 1.29 is 18.8 Å². The highest BCUT2D eigenvalue weighted by Gasteiger charge is 2.32. The highest BCUT2D eigenvalue weighted by Crippen LogP contribution is 2.37. The maximum Gasteiger partial charge on any atom is 0.276 e. The first-order valence-corrected chi connectivity index (χ1v) is 10.2. The number of amides is 1. The van der Waals surface area contributed by atoms with E-state index in [0.717, 1.165) is 29.0 Å². The van der Waals surface area contributed by atoms with Gasteiger partial charge in [-0.1, -0.05) is 29.4 Å². The third-order valence-corrected chi connectivity index (χ3v) is 5.69. The first kappa shape index (κ1) is 18.7. The van der Waals surface area contributed by atoms with Gasteiger partial charge in [0.05, 0.1) is 17.5 Å². The molecule has 0 spiro atoms. The number of benzene rings is 1. The molecule has 1 aromatic carbocycles. The predicted molar refractivity (Wildman–Crippen MR) is 107 cm³/mol. The fraction of sp³-hybridized carbons (Fsp3) is 0.333. The smallest absolute Gasteiger partial charge is 0.276 e. The average molecular weight is 398 g/mol. The lowest BCUT2D eigenvalue weighted by Gasteiger charge is -2.35. The Bertz CT molecular complexity index is 922. The van der Waals surface area contributed by atoms with Crippen LogP contribution in [0.4, 0.5) is 0 Å². The third kappa shape index (κ3) is 3.81. The van der Waals surface area contributed by atoms with Crippen LogP contribution in [0.5, 0.6) is 5.75 Å². The largest absolute Gasteiger partial charge is 0.493 e. The fourth-order valence-electron chi connectivity index (χ4n) is 3.48. The molecule has 0 saturated carbocycles. The quantitative estimate of drug-likeness (QED) is 0.552. The van der Waals surface area contributed by atoms with E-state index in [1.165, 1.54) is 0 Å². The van der Waals surface area contributed by atoms with E-state index in [1.54, 1.807) is 24.5 Å². The van der Waals surface area contributed by atoms with Crippen molar-refractivity contribution in [2.24, 2.45) is 0 Å². The number of hydrogen-bond acceptors (Lipinski definition) is 6. The molecular weight excluding hydrogens is 376 g/mol. The minimum Gasteiger partial charge on any atom is -0.493 e. The number of carbonyl (C=O) groups excluding carboxylic acids is 1. The first-order valence-electron chi connectivity index (χ1n) is 9.30. The second-order valence-electron chi connectivity index (χ2n) is 6.59. The van der Waals surface area contributed by atoms with E-state index in [9.17, 15) is 4.79 Å². The molecule has 0 fully saturated rings. The number of fused-ring (bicyclic) bond motifs is 1. The van der Waals surface area contributed by atoms with Crippen LogP contribution >= 0.6 is 11.3 Å². The monoisotopic (exact) mass is 398 g/mol. The Balaban J connectivity index is 1.62. The number of thiophene rings is 1. The van der Waals surface area contributed by atoms with Gasteiger partial charge in [0.2, 0.25) is 0 Å². The number of hydrogen-bond donors (Lipinski definition) is 0. The van der Waals surface area contributed by atoms with E-state index in [2.05, 4.69) is 5.16 Å². The number of rotatable bonds is 7. The van der Waals surface area contributed by atoms with E-state index < -0.39 is 0 Å². The van der Waals surface area contributed by atoms with Crippen molar-refractivity contribution in [3.63, 3.8) is 0 Å². The predicted octanol–water partition coefficient (Wildman–Crippen LogP) is 4.41. The molecule has 4 rings (SSSR count). The molecule has 1 aliphatic rings. The van der Waals surface area contributed by atoms with Gasteiger partial charge in [0.25, 0.3) is 5.91 Å². The number of nitrogens with zero attached hydrogens (tertiary/aromatic N) is 2. The summed E-state index contributed by atoms with van der Waals surface area (Å²) in [5.41, 5.74) is 1.35. The molecular formula is C21H22N2O4S. The van der Waals surface area contributed by atoms with Crippen LogP contribution in [0.2, 0.25) is 0 Å². The summed E-state index contributed by atoms with van der Waals surface area (Å²) in [5.74, 6) is 1.31. The standard InChI is InChI=1S/C21H22N2O4S/c1-25-11-5-10-23(17-9-12-26-18-7-3-2-6-15(17)18)21(24)16-14-19(27-22-16)20-8-4-13-28-20/h2-4,6-8,13-14,17H,5,9-12H2,1H3. The molecule has 7 heteroatoms.